The van der Waals surface area contributed by atoms with Crippen LogP contribution < -0.4 is 5.32 Å². The summed E-state index contributed by atoms with van der Waals surface area (Å²) in [4.78, 5) is 64.1. The van der Waals surface area contributed by atoms with E-state index < -0.39 is 29.6 Å². The first-order valence-electron chi connectivity index (χ1n) is 14.3. The van der Waals surface area contributed by atoms with Gasteiger partial charge in [0.1, 0.15) is 22.4 Å². The van der Waals surface area contributed by atoms with Gasteiger partial charge in [0, 0.05) is 44.2 Å². The molecule has 2 aromatic rings. The molecule has 42 heavy (non-hydrogen) atoms. The average molecular weight is 600 g/mol. The summed E-state index contributed by atoms with van der Waals surface area (Å²) in [5, 5.41) is 3.48. The lowest BCUT2D eigenvalue weighted by Crippen LogP contribution is -2.56. The maximum absolute atomic E-state index is 13.6. The summed E-state index contributed by atoms with van der Waals surface area (Å²) in [5.74, 6) is -0.114. The largest absolute Gasteiger partial charge is 0.460 e. The summed E-state index contributed by atoms with van der Waals surface area (Å²) in [7, 11) is 0. The highest BCUT2D eigenvalue weighted by molar-refractivity contribution is 7.99. The first kappa shape index (κ1) is 32.8. The molecule has 1 aromatic heterocycles. The number of nitrogens with zero attached hydrogens (tertiary/aromatic N) is 4. The molecule has 0 spiro atoms. The zero-order chi connectivity index (χ0) is 30.7. The van der Waals surface area contributed by atoms with Gasteiger partial charge in [0.15, 0.2) is 5.82 Å². The molecule has 1 aromatic carbocycles. The number of ether oxygens (including phenoxy) is 2. The van der Waals surface area contributed by atoms with Crippen LogP contribution in [-0.2, 0) is 19.1 Å². The van der Waals surface area contributed by atoms with E-state index in [-0.39, 0.29) is 44.1 Å². The number of benzene rings is 1. The number of aromatic nitrogens is 2. The molecule has 1 N–H and O–H groups in total. The Morgan fingerprint density at radius 1 is 1.00 bits per heavy atom. The van der Waals surface area contributed by atoms with E-state index in [1.165, 1.54) is 11.8 Å². The van der Waals surface area contributed by atoms with Crippen molar-refractivity contribution in [3.8, 4) is 11.4 Å². The Labute approximate surface area is 251 Å². The van der Waals surface area contributed by atoms with Crippen molar-refractivity contribution in [1.29, 1.82) is 0 Å². The van der Waals surface area contributed by atoms with Crippen LogP contribution in [0.2, 0.25) is 0 Å². The lowest BCUT2D eigenvalue weighted by atomic mass is 10.1. The molecule has 0 saturated carbocycles. The first-order chi connectivity index (χ1) is 20.0. The van der Waals surface area contributed by atoms with E-state index in [1.54, 1.807) is 43.6 Å². The molecule has 3 amide bonds. The van der Waals surface area contributed by atoms with E-state index in [4.69, 9.17) is 9.47 Å². The summed E-state index contributed by atoms with van der Waals surface area (Å²) in [5.41, 5.74) is 0.220. The predicted molar refractivity (Wildman–Crippen MR) is 160 cm³/mol. The van der Waals surface area contributed by atoms with Crippen LogP contribution in [0, 0.1) is 0 Å². The molecule has 0 aliphatic carbocycles. The monoisotopic (exact) mass is 599 g/mol. The lowest BCUT2D eigenvalue weighted by Gasteiger charge is -2.36. The topological polar surface area (TPSA) is 131 Å². The molecule has 11 nitrogen and oxygen atoms in total. The zero-order valence-corrected chi connectivity index (χ0v) is 25.9. The van der Waals surface area contributed by atoms with E-state index >= 15 is 0 Å². The third-order valence-corrected chi connectivity index (χ3v) is 7.32. The number of piperazine rings is 1. The third kappa shape index (κ3) is 10.0. The second-order valence-electron chi connectivity index (χ2n) is 10.8. The van der Waals surface area contributed by atoms with Gasteiger partial charge in [0.2, 0.25) is 5.91 Å². The number of nitrogens with one attached hydrogen (secondary N) is 1. The van der Waals surface area contributed by atoms with Crippen LogP contribution >= 0.6 is 11.8 Å². The van der Waals surface area contributed by atoms with Gasteiger partial charge in [0.05, 0.1) is 6.61 Å². The second kappa shape index (κ2) is 15.5. The van der Waals surface area contributed by atoms with Gasteiger partial charge >= 0.3 is 12.1 Å². The highest BCUT2D eigenvalue weighted by atomic mass is 32.2. The van der Waals surface area contributed by atoms with Gasteiger partial charge in [-0.1, -0.05) is 37.3 Å². The van der Waals surface area contributed by atoms with Crippen molar-refractivity contribution in [3.63, 3.8) is 0 Å². The number of esters is 1. The van der Waals surface area contributed by atoms with Crippen LogP contribution in [0.1, 0.15) is 64.4 Å². The maximum atomic E-state index is 13.6. The lowest BCUT2D eigenvalue weighted by molar-refractivity contribution is -0.155. The molecule has 1 saturated heterocycles. The summed E-state index contributed by atoms with van der Waals surface area (Å²) in [6.45, 7) is 10.5. The van der Waals surface area contributed by atoms with Crippen molar-refractivity contribution in [2.75, 3.05) is 38.5 Å². The molecular formula is C30H41N5O6S. The number of carbonyl (C=O) groups excluding carboxylic acids is 4. The van der Waals surface area contributed by atoms with Crippen molar-refractivity contribution >= 4 is 35.6 Å². The third-order valence-electron chi connectivity index (χ3n) is 6.20. The molecule has 1 aliphatic heterocycles. The highest BCUT2D eigenvalue weighted by Crippen LogP contribution is 2.23. The number of carbonyl (C=O) groups is 4. The van der Waals surface area contributed by atoms with Gasteiger partial charge in [-0.3, -0.25) is 14.4 Å². The zero-order valence-electron chi connectivity index (χ0n) is 25.1. The molecule has 2 heterocycles. The SMILES string of the molecule is CCCSc1cc(C(=O)N[C@@H](CCC(=O)OC(C)(C)C)C(=O)N2CCN(C(=O)OCC)CC2)nc(-c2ccccc2)n1. The fourth-order valence-electron chi connectivity index (χ4n) is 4.23. The molecule has 3 rings (SSSR count). The molecule has 12 heteroatoms. The van der Waals surface area contributed by atoms with E-state index in [0.717, 1.165) is 17.7 Å². The number of amides is 3. The molecule has 0 bridgehead atoms. The van der Waals surface area contributed by atoms with Gasteiger partial charge in [-0.2, -0.15) is 0 Å². The number of thioether (sulfide) groups is 1. The Hall–Kier alpha value is -3.67. The van der Waals surface area contributed by atoms with E-state index in [0.29, 0.717) is 23.9 Å². The van der Waals surface area contributed by atoms with Crippen LogP contribution in [0.3, 0.4) is 0 Å². The fraction of sp³-hybridized carbons (Fsp3) is 0.533. The van der Waals surface area contributed by atoms with E-state index in [9.17, 15) is 19.2 Å². The van der Waals surface area contributed by atoms with Crippen molar-refractivity contribution in [2.45, 2.75) is 70.6 Å². The second-order valence-corrected chi connectivity index (χ2v) is 11.9. The van der Waals surface area contributed by atoms with Gasteiger partial charge in [-0.25, -0.2) is 14.8 Å². The number of hydrogen-bond acceptors (Lipinski definition) is 9. The minimum absolute atomic E-state index is 0.0473. The van der Waals surface area contributed by atoms with Crippen molar-refractivity contribution in [3.05, 3.63) is 42.1 Å². The van der Waals surface area contributed by atoms with Crippen molar-refractivity contribution in [1.82, 2.24) is 25.1 Å². The smallest absolute Gasteiger partial charge is 0.409 e. The maximum Gasteiger partial charge on any atom is 0.409 e. The molecular weight excluding hydrogens is 558 g/mol. The van der Waals surface area contributed by atoms with Crippen molar-refractivity contribution < 1.29 is 28.7 Å². The predicted octanol–water partition coefficient (Wildman–Crippen LogP) is 4.17. The number of rotatable bonds is 11. The van der Waals surface area contributed by atoms with Gasteiger partial charge in [-0.15, -0.1) is 11.8 Å². The van der Waals surface area contributed by atoms with Crippen LogP contribution in [0.25, 0.3) is 11.4 Å². The summed E-state index contributed by atoms with van der Waals surface area (Å²) < 4.78 is 10.5. The molecule has 1 atom stereocenters. The van der Waals surface area contributed by atoms with Crippen LogP contribution in [0.4, 0.5) is 4.79 Å². The average Bonchev–Trinajstić information content (AvgIpc) is 2.97. The number of hydrogen-bond donors (Lipinski definition) is 1. The van der Waals surface area contributed by atoms with Crippen LogP contribution in [0.15, 0.2) is 41.4 Å². The Kier molecular flexibility index (Phi) is 12.1. The molecule has 0 radical (unpaired) electrons. The van der Waals surface area contributed by atoms with E-state index in [2.05, 4.69) is 22.2 Å². The Balaban J connectivity index is 1.81. The van der Waals surface area contributed by atoms with Crippen LogP contribution in [0.5, 0.6) is 0 Å². The highest BCUT2D eigenvalue weighted by Gasteiger charge is 2.32. The Morgan fingerprint density at radius 2 is 1.67 bits per heavy atom. The fourth-order valence-corrected chi connectivity index (χ4v) is 4.99. The summed E-state index contributed by atoms with van der Waals surface area (Å²) >= 11 is 1.52. The van der Waals surface area contributed by atoms with E-state index in [1.807, 2.05) is 30.3 Å². The molecule has 0 unspecified atom stereocenters. The minimum atomic E-state index is -0.999. The Morgan fingerprint density at radius 3 is 2.29 bits per heavy atom. The standard InChI is InChI=1S/C30H41N5O6S/c1-6-19-42-24-20-23(31-26(33-24)21-11-9-8-10-12-21)27(37)32-22(13-14-25(36)41-30(3,4)5)28(38)34-15-17-35(18-16-34)29(39)40-7-2/h8-12,20,22H,6-7,13-19H2,1-5H3,(H,32,37)/t22-/m0/s1. The minimum Gasteiger partial charge on any atom is -0.460 e. The van der Waals surface area contributed by atoms with Crippen molar-refractivity contribution in [2.24, 2.45) is 0 Å². The molecule has 228 valence electrons. The first-order valence-corrected chi connectivity index (χ1v) is 15.3. The molecule has 1 aliphatic rings. The molecule has 1 fully saturated rings. The summed E-state index contributed by atoms with van der Waals surface area (Å²) in [6.07, 6.45) is 0.495. The van der Waals surface area contributed by atoms with Crippen LogP contribution in [-0.4, -0.2) is 93.8 Å². The Bertz CT molecular complexity index is 1230. The van der Waals surface area contributed by atoms with Gasteiger partial charge in [0.25, 0.3) is 5.91 Å². The quantitative estimate of drug-likeness (QED) is 0.230. The van der Waals surface area contributed by atoms with Gasteiger partial charge in [-0.05, 0) is 46.3 Å². The summed E-state index contributed by atoms with van der Waals surface area (Å²) in [6, 6.07) is 9.99. The van der Waals surface area contributed by atoms with Gasteiger partial charge < -0.3 is 24.6 Å². The normalized spacial score (nSPS) is 14.2.